The van der Waals surface area contributed by atoms with Gasteiger partial charge in [-0.25, -0.2) is 0 Å². The van der Waals surface area contributed by atoms with Crippen LogP contribution in [-0.2, 0) is 0 Å². The number of rotatable bonds is 2. The van der Waals surface area contributed by atoms with Gasteiger partial charge < -0.3 is 5.73 Å². The number of nitro benzene ring substituents is 1. The van der Waals surface area contributed by atoms with Crippen molar-refractivity contribution in [2.75, 3.05) is 0 Å². The fraction of sp³-hybridized carbons (Fsp3) is 0.462. The summed E-state index contributed by atoms with van der Waals surface area (Å²) in [7, 11) is 0. The number of carbonyl (C=O) groups is 1. The standard InChI is InChI=1S/C7H4ClNO3.C6H13N/c8-6-2-1-5(4-10)3-7(6)9(11)12;7-6-4-2-1-3-5-6/h1-4H;6H,1-5,7H2. The van der Waals surface area contributed by atoms with Crippen molar-refractivity contribution < 1.29 is 9.72 Å². The van der Waals surface area contributed by atoms with Gasteiger partial charge in [-0.3, -0.25) is 14.9 Å². The molecule has 1 aliphatic rings. The molecule has 0 bridgehead atoms. The molecular weight excluding hydrogens is 268 g/mol. The van der Waals surface area contributed by atoms with E-state index in [0.717, 1.165) is 6.07 Å². The van der Waals surface area contributed by atoms with Crippen molar-refractivity contribution >= 4 is 23.6 Å². The van der Waals surface area contributed by atoms with Gasteiger partial charge in [-0.05, 0) is 25.0 Å². The molecule has 0 aromatic heterocycles. The van der Waals surface area contributed by atoms with Crippen LogP contribution in [0.25, 0.3) is 0 Å². The lowest BCUT2D eigenvalue weighted by atomic mass is 9.97. The zero-order chi connectivity index (χ0) is 14.3. The first-order valence-corrected chi connectivity index (χ1v) is 6.57. The molecule has 0 spiro atoms. The van der Waals surface area contributed by atoms with Crippen LogP contribution >= 0.6 is 11.6 Å². The van der Waals surface area contributed by atoms with Crippen molar-refractivity contribution in [2.45, 2.75) is 38.1 Å². The van der Waals surface area contributed by atoms with E-state index < -0.39 is 4.92 Å². The minimum atomic E-state index is -0.630. The Morgan fingerprint density at radius 2 is 1.95 bits per heavy atom. The zero-order valence-corrected chi connectivity index (χ0v) is 11.3. The summed E-state index contributed by atoms with van der Waals surface area (Å²) in [5.74, 6) is 0. The molecule has 1 saturated carbocycles. The summed E-state index contributed by atoms with van der Waals surface area (Å²) in [5, 5.41) is 10.3. The van der Waals surface area contributed by atoms with E-state index in [-0.39, 0.29) is 16.3 Å². The van der Waals surface area contributed by atoms with Gasteiger partial charge in [0.15, 0.2) is 0 Å². The Kier molecular flexibility index (Phi) is 6.45. The largest absolute Gasteiger partial charge is 0.328 e. The van der Waals surface area contributed by atoms with Crippen molar-refractivity contribution in [3.8, 4) is 0 Å². The fourth-order valence-electron chi connectivity index (χ4n) is 1.88. The van der Waals surface area contributed by atoms with Gasteiger partial charge in [-0.15, -0.1) is 0 Å². The molecule has 1 aliphatic carbocycles. The van der Waals surface area contributed by atoms with Crippen molar-refractivity contribution in [3.05, 3.63) is 38.9 Å². The van der Waals surface area contributed by atoms with E-state index in [1.807, 2.05) is 0 Å². The van der Waals surface area contributed by atoms with E-state index in [9.17, 15) is 14.9 Å². The molecule has 6 heteroatoms. The van der Waals surface area contributed by atoms with Gasteiger partial charge >= 0.3 is 0 Å². The lowest BCUT2D eigenvalue weighted by Crippen LogP contribution is -2.22. The first kappa shape index (κ1) is 15.6. The Morgan fingerprint density at radius 1 is 1.32 bits per heavy atom. The number of hydrogen-bond donors (Lipinski definition) is 1. The predicted molar refractivity (Wildman–Crippen MR) is 74.6 cm³/mol. The SMILES string of the molecule is NC1CCCCC1.O=Cc1ccc(Cl)c([N+](=O)[O-])c1. The summed E-state index contributed by atoms with van der Waals surface area (Å²) in [6.45, 7) is 0. The summed E-state index contributed by atoms with van der Waals surface area (Å²) in [5.41, 5.74) is 5.63. The number of nitro groups is 1. The second kappa shape index (κ2) is 7.86. The second-order valence-corrected chi connectivity index (χ2v) is 4.89. The van der Waals surface area contributed by atoms with Gasteiger partial charge in [0.25, 0.3) is 5.69 Å². The summed E-state index contributed by atoms with van der Waals surface area (Å²) in [6.07, 6.45) is 7.19. The number of nitrogens with two attached hydrogens (primary N) is 1. The third-order valence-electron chi connectivity index (χ3n) is 2.95. The maximum Gasteiger partial charge on any atom is 0.288 e. The van der Waals surface area contributed by atoms with Crippen molar-refractivity contribution in [1.29, 1.82) is 0 Å². The Balaban J connectivity index is 0.000000218. The number of nitrogens with zero attached hydrogens (tertiary/aromatic N) is 1. The predicted octanol–water partition coefficient (Wildman–Crippen LogP) is 3.34. The van der Waals surface area contributed by atoms with E-state index >= 15 is 0 Å². The zero-order valence-electron chi connectivity index (χ0n) is 10.5. The maximum atomic E-state index is 10.3. The van der Waals surface area contributed by atoms with Gasteiger partial charge in [-0.2, -0.15) is 0 Å². The third-order valence-corrected chi connectivity index (χ3v) is 3.27. The summed E-state index contributed by atoms with van der Waals surface area (Å²) in [4.78, 5) is 19.9. The van der Waals surface area contributed by atoms with Gasteiger partial charge in [0.2, 0.25) is 0 Å². The van der Waals surface area contributed by atoms with Crippen LogP contribution in [0, 0.1) is 10.1 Å². The second-order valence-electron chi connectivity index (χ2n) is 4.48. The van der Waals surface area contributed by atoms with Crippen LogP contribution in [0.15, 0.2) is 18.2 Å². The van der Waals surface area contributed by atoms with Crippen LogP contribution in [0.3, 0.4) is 0 Å². The fourth-order valence-corrected chi connectivity index (χ4v) is 2.06. The molecule has 1 aromatic rings. The Morgan fingerprint density at radius 3 is 2.37 bits per heavy atom. The molecule has 0 radical (unpaired) electrons. The highest BCUT2D eigenvalue weighted by Gasteiger charge is 2.11. The molecule has 0 amide bonds. The molecule has 0 aliphatic heterocycles. The lowest BCUT2D eigenvalue weighted by molar-refractivity contribution is -0.384. The van der Waals surface area contributed by atoms with E-state index in [2.05, 4.69) is 0 Å². The molecule has 5 nitrogen and oxygen atoms in total. The summed E-state index contributed by atoms with van der Waals surface area (Å²) in [6, 6.07) is 4.41. The quantitative estimate of drug-likeness (QED) is 0.512. The molecular formula is C13H17ClN2O3. The molecule has 1 aromatic carbocycles. The number of halogens is 1. The number of aldehydes is 1. The molecule has 19 heavy (non-hydrogen) atoms. The Hall–Kier alpha value is -1.46. The van der Waals surface area contributed by atoms with Gasteiger partial charge in [-0.1, -0.05) is 30.9 Å². The number of benzene rings is 1. The summed E-state index contributed by atoms with van der Waals surface area (Å²) < 4.78 is 0. The van der Waals surface area contributed by atoms with E-state index in [1.54, 1.807) is 0 Å². The van der Waals surface area contributed by atoms with Crippen LogP contribution < -0.4 is 5.73 Å². The highest BCUT2D eigenvalue weighted by molar-refractivity contribution is 6.32. The van der Waals surface area contributed by atoms with Crippen molar-refractivity contribution in [1.82, 2.24) is 0 Å². The highest BCUT2D eigenvalue weighted by atomic mass is 35.5. The van der Waals surface area contributed by atoms with E-state index in [0.29, 0.717) is 12.3 Å². The number of hydrogen-bond acceptors (Lipinski definition) is 4. The molecule has 2 rings (SSSR count). The average molecular weight is 285 g/mol. The van der Waals surface area contributed by atoms with Crippen LogP contribution in [0.4, 0.5) is 5.69 Å². The van der Waals surface area contributed by atoms with Gasteiger partial charge in [0, 0.05) is 17.7 Å². The van der Waals surface area contributed by atoms with E-state index in [4.69, 9.17) is 17.3 Å². The Labute approximate surface area is 116 Å². The molecule has 0 unspecified atom stereocenters. The highest BCUT2D eigenvalue weighted by Crippen LogP contribution is 2.24. The summed E-state index contributed by atoms with van der Waals surface area (Å²) >= 11 is 5.49. The van der Waals surface area contributed by atoms with Crippen LogP contribution in [0.1, 0.15) is 42.5 Å². The average Bonchev–Trinajstić information content (AvgIpc) is 2.40. The smallest absolute Gasteiger partial charge is 0.288 e. The first-order chi connectivity index (χ1) is 9.04. The van der Waals surface area contributed by atoms with Crippen LogP contribution in [-0.4, -0.2) is 17.3 Å². The van der Waals surface area contributed by atoms with Crippen LogP contribution in [0.2, 0.25) is 5.02 Å². The minimum Gasteiger partial charge on any atom is -0.328 e. The Bertz CT molecular complexity index is 446. The molecule has 0 heterocycles. The topological polar surface area (TPSA) is 86.2 Å². The molecule has 104 valence electrons. The normalized spacial score (nSPS) is 15.3. The maximum absolute atomic E-state index is 10.3. The van der Waals surface area contributed by atoms with Crippen molar-refractivity contribution in [2.24, 2.45) is 5.73 Å². The molecule has 0 atom stereocenters. The lowest BCUT2D eigenvalue weighted by Gasteiger charge is -2.15. The third kappa shape index (κ3) is 5.36. The van der Waals surface area contributed by atoms with E-state index in [1.165, 1.54) is 44.2 Å². The van der Waals surface area contributed by atoms with Crippen molar-refractivity contribution in [3.63, 3.8) is 0 Å². The minimum absolute atomic E-state index is 0.0330. The molecule has 1 fully saturated rings. The first-order valence-electron chi connectivity index (χ1n) is 6.19. The molecule has 0 saturated heterocycles. The van der Waals surface area contributed by atoms with Gasteiger partial charge in [0.1, 0.15) is 11.3 Å². The van der Waals surface area contributed by atoms with Gasteiger partial charge in [0.05, 0.1) is 4.92 Å². The monoisotopic (exact) mass is 284 g/mol. The number of carbonyl (C=O) groups excluding carboxylic acids is 1. The van der Waals surface area contributed by atoms with Crippen LogP contribution in [0.5, 0.6) is 0 Å². The molecule has 2 N–H and O–H groups in total.